The van der Waals surface area contributed by atoms with Crippen molar-refractivity contribution in [3.8, 4) is 0 Å². The summed E-state index contributed by atoms with van der Waals surface area (Å²) in [7, 11) is 0. The van der Waals surface area contributed by atoms with Crippen LogP contribution in [0.4, 0.5) is 8.78 Å². The average Bonchev–Trinajstić information content (AvgIpc) is 2.58. The van der Waals surface area contributed by atoms with E-state index in [0.717, 1.165) is 23.8 Å². The lowest BCUT2D eigenvalue weighted by molar-refractivity contribution is 0.143. The van der Waals surface area contributed by atoms with Crippen LogP contribution < -0.4 is 0 Å². The summed E-state index contributed by atoms with van der Waals surface area (Å²) in [6.07, 6.45) is 18.0. The molecule has 23 heavy (non-hydrogen) atoms. The zero-order valence-corrected chi connectivity index (χ0v) is 15.0. The van der Waals surface area contributed by atoms with Crippen molar-refractivity contribution in [3.63, 3.8) is 0 Å². The van der Waals surface area contributed by atoms with Crippen molar-refractivity contribution >= 4 is 0 Å². The normalized spacial score (nSPS) is 31.8. The van der Waals surface area contributed by atoms with Gasteiger partial charge in [0.25, 0.3) is 6.08 Å². The van der Waals surface area contributed by atoms with Gasteiger partial charge in [0.1, 0.15) is 0 Å². The van der Waals surface area contributed by atoms with Crippen LogP contribution in [0.5, 0.6) is 0 Å². The molecular weight excluding hydrogens is 290 g/mol. The van der Waals surface area contributed by atoms with E-state index in [1.165, 1.54) is 83.5 Å². The second-order valence-corrected chi connectivity index (χ2v) is 8.14. The molecular formula is C21H36F2. The van der Waals surface area contributed by atoms with Crippen molar-refractivity contribution in [2.45, 2.75) is 96.8 Å². The Bertz CT molecular complexity index is 330. The molecule has 2 aliphatic rings. The molecule has 2 aliphatic carbocycles. The third-order valence-electron chi connectivity index (χ3n) is 6.52. The third-order valence-corrected chi connectivity index (χ3v) is 6.52. The van der Waals surface area contributed by atoms with Gasteiger partial charge < -0.3 is 0 Å². The maximum atomic E-state index is 12.2. The molecule has 0 N–H and O–H groups in total. The molecule has 0 heterocycles. The number of unbranched alkanes of at least 4 members (excludes halogenated alkanes) is 3. The summed E-state index contributed by atoms with van der Waals surface area (Å²) in [6.45, 7) is 2.28. The first-order chi connectivity index (χ1) is 11.2. The van der Waals surface area contributed by atoms with Gasteiger partial charge >= 0.3 is 0 Å². The summed E-state index contributed by atoms with van der Waals surface area (Å²) in [5.41, 5.74) is 0. The van der Waals surface area contributed by atoms with Crippen LogP contribution in [-0.2, 0) is 0 Å². The molecule has 0 aliphatic heterocycles. The van der Waals surface area contributed by atoms with Crippen LogP contribution in [0.15, 0.2) is 12.2 Å². The molecule has 2 heteroatoms. The van der Waals surface area contributed by atoms with Crippen molar-refractivity contribution in [1.29, 1.82) is 0 Å². The topological polar surface area (TPSA) is 0 Å². The van der Waals surface area contributed by atoms with Crippen LogP contribution >= 0.6 is 0 Å². The molecule has 2 fully saturated rings. The maximum absolute atomic E-state index is 12.2. The van der Waals surface area contributed by atoms with E-state index in [0.29, 0.717) is 12.3 Å². The standard InChI is InChI=1S/C21H36F2/c1-2-3-4-5-6-17-7-12-19(13-8-17)20-14-9-18(10-15-20)11-16-21(22)23/h16-20H,2-15H2,1H3/t17-,18-,19-,20-. The highest BCUT2D eigenvalue weighted by atomic mass is 19.3. The molecule has 0 unspecified atom stereocenters. The first-order valence-corrected chi connectivity index (χ1v) is 10.2. The van der Waals surface area contributed by atoms with Crippen LogP contribution in [0.25, 0.3) is 0 Å². The highest BCUT2D eigenvalue weighted by Gasteiger charge is 2.30. The molecule has 0 spiro atoms. The van der Waals surface area contributed by atoms with Gasteiger partial charge in [-0.3, -0.25) is 0 Å². The summed E-state index contributed by atoms with van der Waals surface area (Å²) >= 11 is 0. The second kappa shape index (κ2) is 10.5. The summed E-state index contributed by atoms with van der Waals surface area (Å²) in [5, 5.41) is 0. The fraction of sp³-hybridized carbons (Fsp3) is 0.905. The van der Waals surface area contributed by atoms with Gasteiger partial charge in [-0.2, -0.15) is 8.78 Å². The Labute approximate surface area is 142 Å². The van der Waals surface area contributed by atoms with Gasteiger partial charge in [-0.15, -0.1) is 0 Å². The molecule has 0 nitrogen and oxygen atoms in total. The zero-order chi connectivity index (χ0) is 16.5. The van der Waals surface area contributed by atoms with Crippen molar-refractivity contribution in [2.75, 3.05) is 0 Å². The van der Waals surface area contributed by atoms with Crippen LogP contribution in [0.1, 0.15) is 96.8 Å². The lowest BCUT2D eigenvalue weighted by Gasteiger charge is -2.37. The molecule has 0 radical (unpaired) electrons. The number of allylic oxidation sites excluding steroid dienone is 1. The molecule has 0 aromatic rings. The van der Waals surface area contributed by atoms with Crippen molar-refractivity contribution < 1.29 is 8.78 Å². The Hall–Kier alpha value is -0.400. The Kier molecular flexibility index (Phi) is 8.61. The Morgan fingerprint density at radius 1 is 0.783 bits per heavy atom. The minimum Gasteiger partial charge on any atom is -0.174 e. The van der Waals surface area contributed by atoms with Gasteiger partial charge in [-0.1, -0.05) is 51.9 Å². The van der Waals surface area contributed by atoms with E-state index in [1.807, 2.05) is 0 Å². The van der Waals surface area contributed by atoms with Gasteiger partial charge in [0.2, 0.25) is 0 Å². The summed E-state index contributed by atoms with van der Waals surface area (Å²) in [4.78, 5) is 0. The number of hydrogen-bond donors (Lipinski definition) is 0. The lowest BCUT2D eigenvalue weighted by Crippen LogP contribution is -2.25. The first kappa shape index (κ1) is 18.9. The molecule has 0 amide bonds. The largest absolute Gasteiger partial charge is 0.266 e. The predicted molar refractivity (Wildman–Crippen MR) is 94.6 cm³/mol. The van der Waals surface area contributed by atoms with E-state index in [4.69, 9.17) is 0 Å². The molecule has 134 valence electrons. The maximum Gasteiger partial charge on any atom is 0.266 e. The smallest absolute Gasteiger partial charge is 0.174 e. The highest BCUT2D eigenvalue weighted by molar-refractivity contribution is 4.87. The van der Waals surface area contributed by atoms with E-state index >= 15 is 0 Å². The molecule has 0 bridgehead atoms. The zero-order valence-electron chi connectivity index (χ0n) is 15.0. The van der Waals surface area contributed by atoms with Gasteiger partial charge in [0.05, 0.1) is 0 Å². The van der Waals surface area contributed by atoms with Gasteiger partial charge in [0, 0.05) is 0 Å². The SMILES string of the molecule is CCCCCC[C@H]1CC[C@H]([C@H]2CC[C@H](CC=C(F)F)CC2)CC1. The van der Waals surface area contributed by atoms with Crippen molar-refractivity contribution in [1.82, 2.24) is 0 Å². The van der Waals surface area contributed by atoms with Crippen LogP contribution in [0.2, 0.25) is 0 Å². The van der Waals surface area contributed by atoms with E-state index in [9.17, 15) is 8.78 Å². The minimum absolute atomic E-state index is 0.516. The average molecular weight is 327 g/mol. The van der Waals surface area contributed by atoms with Crippen LogP contribution in [-0.4, -0.2) is 0 Å². The van der Waals surface area contributed by atoms with E-state index < -0.39 is 6.08 Å². The van der Waals surface area contributed by atoms with Gasteiger partial charge in [0.15, 0.2) is 0 Å². The number of hydrogen-bond acceptors (Lipinski definition) is 0. The lowest BCUT2D eigenvalue weighted by atomic mass is 9.68. The molecule has 2 rings (SSSR count). The van der Waals surface area contributed by atoms with E-state index in [1.54, 1.807) is 0 Å². The third kappa shape index (κ3) is 6.93. The second-order valence-electron chi connectivity index (χ2n) is 8.14. The van der Waals surface area contributed by atoms with Crippen molar-refractivity contribution in [2.24, 2.45) is 23.7 Å². The van der Waals surface area contributed by atoms with Gasteiger partial charge in [-0.05, 0) is 74.7 Å². The molecule has 0 atom stereocenters. The van der Waals surface area contributed by atoms with Crippen molar-refractivity contribution in [3.05, 3.63) is 12.2 Å². The fourth-order valence-electron chi connectivity index (χ4n) is 4.96. The van der Waals surface area contributed by atoms with Crippen LogP contribution in [0.3, 0.4) is 0 Å². The molecule has 0 aromatic heterocycles. The molecule has 0 aromatic carbocycles. The highest BCUT2D eigenvalue weighted by Crippen LogP contribution is 2.43. The van der Waals surface area contributed by atoms with Crippen LogP contribution in [0, 0.1) is 23.7 Å². The predicted octanol–water partition coefficient (Wildman–Crippen LogP) is 7.74. The summed E-state index contributed by atoms with van der Waals surface area (Å²) in [5.74, 6) is 3.35. The minimum atomic E-state index is -1.50. The Morgan fingerprint density at radius 3 is 1.87 bits per heavy atom. The Morgan fingerprint density at radius 2 is 1.35 bits per heavy atom. The molecule has 2 saturated carbocycles. The summed E-state index contributed by atoms with van der Waals surface area (Å²) < 4.78 is 24.4. The van der Waals surface area contributed by atoms with E-state index in [2.05, 4.69) is 6.92 Å². The summed E-state index contributed by atoms with van der Waals surface area (Å²) in [6, 6.07) is 0. The first-order valence-electron chi connectivity index (χ1n) is 10.2. The van der Waals surface area contributed by atoms with Gasteiger partial charge in [-0.25, -0.2) is 0 Å². The quantitative estimate of drug-likeness (QED) is 0.400. The monoisotopic (exact) mass is 326 g/mol. The fourth-order valence-corrected chi connectivity index (χ4v) is 4.96. The Balaban J connectivity index is 1.60. The number of rotatable bonds is 8. The number of halogens is 2. The van der Waals surface area contributed by atoms with E-state index in [-0.39, 0.29) is 0 Å². The molecule has 0 saturated heterocycles.